The van der Waals surface area contributed by atoms with Gasteiger partial charge in [-0.1, -0.05) is 23.8 Å². The van der Waals surface area contributed by atoms with Gasteiger partial charge in [0.1, 0.15) is 12.4 Å². The molecule has 0 bridgehead atoms. The van der Waals surface area contributed by atoms with Gasteiger partial charge in [0.25, 0.3) is 5.91 Å². The maximum absolute atomic E-state index is 12.9. The zero-order valence-electron chi connectivity index (χ0n) is 21.7. The van der Waals surface area contributed by atoms with Crippen LogP contribution in [0, 0.1) is 6.92 Å². The van der Waals surface area contributed by atoms with E-state index in [4.69, 9.17) is 5.11 Å². The first-order chi connectivity index (χ1) is 18.8. The summed E-state index contributed by atoms with van der Waals surface area (Å²) in [6.45, 7) is 0.604. The number of aliphatic hydroxyl groups excluding tert-OH is 1. The number of anilines is 2. The molecule has 2 aromatic carbocycles. The molecule has 2 heterocycles. The Morgan fingerprint density at radius 2 is 1.77 bits per heavy atom. The summed E-state index contributed by atoms with van der Waals surface area (Å²) in [4.78, 5) is 36.8. The molecule has 1 aromatic heterocycles. The van der Waals surface area contributed by atoms with Crippen LogP contribution in [0.1, 0.15) is 21.5 Å². The van der Waals surface area contributed by atoms with Crippen molar-refractivity contribution in [1.29, 1.82) is 0 Å². The monoisotopic (exact) mass is 540 g/mol. The van der Waals surface area contributed by atoms with Crippen molar-refractivity contribution < 1.29 is 28.2 Å². The van der Waals surface area contributed by atoms with Crippen molar-refractivity contribution in [2.24, 2.45) is 0 Å². The third kappa shape index (κ3) is 6.77. The molecule has 1 fully saturated rings. The first-order valence-corrected chi connectivity index (χ1v) is 12.4. The summed E-state index contributed by atoms with van der Waals surface area (Å²) in [5.74, 6) is -0.00838. The molecule has 0 spiro atoms. The summed E-state index contributed by atoms with van der Waals surface area (Å²) >= 11 is 0. The summed E-state index contributed by atoms with van der Waals surface area (Å²) < 4.78 is 30.5. The number of amides is 2. The zero-order chi connectivity index (χ0) is 27.9. The number of carbonyl (C=O) groups excluding carboxylic acids is 2. The molecule has 206 valence electrons. The lowest BCUT2D eigenvalue weighted by Crippen LogP contribution is -2.50. The highest BCUT2D eigenvalue weighted by atomic mass is 19.3. The number of piperazine rings is 1. The molecule has 0 unspecified atom stereocenters. The number of aliphatic hydroxyl groups is 1. The summed E-state index contributed by atoms with van der Waals surface area (Å²) in [7, 11) is 1.53. The molecule has 10 nitrogen and oxygen atoms in total. The molecular weight excluding hydrogens is 510 g/mol. The minimum atomic E-state index is -2.95. The highest BCUT2D eigenvalue weighted by molar-refractivity contribution is 6.00. The average Bonchev–Trinajstić information content (AvgIpc) is 2.96. The van der Waals surface area contributed by atoms with Crippen LogP contribution in [0.5, 0.6) is 5.75 Å². The molecule has 0 saturated carbocycles. The lowest BCUT2D eigenvalue weighted by atomic mass is 10.0. The Labute approximate surface area is 224 Å². The van der Waals surface area contributed by atoms with Gasteiger partial charge in [-0.15, -0.1) is 0 Å². The standard InChI is InChI=1S/C27H30F2N6O4/c1-17-3-6-23(39-26(28)29)19(11-17)13-31-22-12-18(4-5-21(22)25(38)30-2)20-14-32-27(33-15-20)35-9-7-34(8-10-35)24(37)16-36/h3-6,11-12,14-15,26,31,36H,7-10,13,16H2,1-2H3,(H,30,38). The number of rotatable bonds is 9. The van der Waals surface area contributed by atoms with Gasteiger partial charge in [-0.2, -0.15) is 8.78 Å². The van der Waals surface area contributed by atoms with Crippen molar-refractivity contribution in [2.45, 2.75) is 20.1 Å². The van der Waals surface area contributed by atoms with Gasteiger partial charge in [-0.25, -0.2) is 9.97 Å². The van der Waals surface area contributed by atoms with Crippen LogP contribution in [-0.2, 0) is 11.3 Å². The molecular formula is C27H30F2N6O4. The number of hydrogen-bond donors (Lipinski definition) is 3. The fraction of sp³-hybridized carbons (Fsp3) is 0.333. The Morgan fingerprint density at radius 1 is 1.05 bits per heavy atom. The number of aromatic nitrogens is 2. The smallest absolute Gasteiger partial charge is 0.387 e. The van der Waals surface area contributed by atoms with E-state index in [0.29, 0.717) is 48.9 Å². The minimum absolute atomic E-state index is 0.0614. The van der Waals surface area contributed by atoms with Crippen molar-refractivity contribution in [3.8, 4) is 16.9 Å². The van der Waals surface area contributed by atoms with Gasteiger partial charge in [0, 0.05) is 69.0 Å². The molecule has 4 rings (SSSR count). The third-order valence-corrected chi connectivity index (χ3v) is 6.41. The number of nitrogens with zero attached hydrogens (tertiary/aromatic N) is 4. The SMILES string of the molecule is CNC(=O)c1ccc(-c2cnc(N3CCN(C(=O)CO)CC3)nc2)cc1NCc1cc(C)ccc1OC(F)F. The van der Waals surface area contributed by atoms with Gasteiger partial charge in [-0.3, -0.25) is 9.59 Å². The summed E-state index contributed by atoms with van der Waals surface area (Å²) in [6, 6.07) is 10.2. The number of ether oxygens (including phenoxy) is 1. The number of carbonyl (C=O) groups is 2. The normalized spacial score (nSPS) is 13.4. The molecule has 12 heteroatoms. The van der Waals surface area contributed by atoms with Crippen LogP contribution >= 0.6 is 0 Å². The highest BCUT2D eigenvalue weighted by Crippen LogP contribution is 2.28. The molecule has 1 saturated heterocycles. The molecule has 0 atom stereocenters. The van der Waals surface area contributed by atoms with E-state index in [-0.39, 0.29) is 24.1 Å². The van der Waals surface area contributed by atoms with E-state index in [1.807, 2.05) is 11.8 Å². The topological polar surface area (TPSA) is 120 Å². The summed E-state index contributed by atoms with van der Waals surface area (Å²) in [6.07, 6.45) is 3.36. The Morgan fingerprint density at radius 3 is 2.41 bits per heavy atom. The van der Waals surface area contributed by atoms with Crippen LogP contribution in [0.2, 0.25) is 0 Å². The van der Waals surface area contributed by atoms with Gasteiger partial charge >= 0.3 is 6.61 Å². The van der Waals surface area contributed by atoms with Crippen molar-refractivity contribution >= 4 is 23.5 Å². The van der Waals surface area contributed by atoms with E-state index in [1.54, 1.807) is 47.6 Å². The van der Waals surface area contributed by atoms with E-state index in [0.717, 1.165) is 16.7 Å². The van der Waals surface area contributed by atoms with Crippen LogP contribution < -0.4 is 20.3 Å². The van der Waals surface area contributed by atoms with Gasteiger partial charge in [0.05, 0.1) is 5.56 Å². The number of hydrogen-bond acceptors (Lipinski definition) is 8. The maximum atomic E-state index is 12.9. The first-order valence-electron chi connectivity index (χ1n) is 12.4. The molecule has 1 aliphatic heterocycles. The van der Waals surface area contributed by atoms with Crippen LogP contribution in [-0.4, -0.2) is 78.2 Å². The Kier molecular flexibility index (Phi) is 8.87. The predicted molar refractivity (Wildman–Crippen MR) is 142 cm³/mol. The average molecular weight is 541 g/mol. The first kappa shape index (κ1) is 27.7. The quantitative estimate of drug-likeness (QED) is 0.379. The molecule has 0 radical (unpaired) electrons. The van der Waals surface area contributed by atoms with E-state index in [1.165, 1.54) is 13.1 Å². The second-order valence-electron chi connectivity index (χ2n) is 8.98. The number of alkyl halides is 2. The fourth-order valence-electron chi connectivity index (χ4n) is 4.34. The van der Waals surface area contributed by atoms with Gasteiger partial charge in [0.2, 0.25) is 11.9 Å². The van der Waals surface area contributed by atoms with E-state index in [2.05, 4.69) is 25.3 Å². The molecule has 39 heavy (non-hydrogen) atoms. The van der Waals surface area contributed by atoms with Crippen molar-refractivity contribution in [2.75, 3.05) is 50.1 Å². The Hall–Kier alpha value is -4.32. The summed E-state index contributed by atoms with van der Waals surface area (Å²) in [5.41, 5.74) is 3.77. The van der Waals surface area contributed by atoms with E-state index < -0.39 is 13.2 Å². The highest BCUT2D eigenvalue weighted by Gasteiger charge is 2.22. The molecule has 2 amide bonds. The predicted octanol–water partition coefficient (Wildman–Crippen LogP) is 2.67. The number of aryl methyl sites for hydroxylation is 1. The van der Waals surface area contributed by atoms with Crippen LogP contribution in [0.4, 0.5) is 20.4 Å². The molecule has 3 aromatic rings. The molecule has 3 N–H and O–H groups in total. The van der Waals surface area contributed by atoms with Crippen molar-refractivity contribution in [1.82, 2.24) is 20.2 Å². The number of nitrogens with one attached hydrogen (secondary N) is 2. The van der Waals surface area contributed by atoms with E-state index >= 15 is 0 Å². The fourth-order valence-corrected chi connectivity index (χ4v) is 4.34. The third-order valence-electron chi connectivity index (χ3n) is 6.41. The Bertz CT molecular complexity index is 1310. The molecule has 0 aliphatic carbocycles. The van der Waals surface area contributed by atoms with Gasteiger partial charge in [0.15, 0.2) is 0 Å². The van der Waals surface area contributed by atoms with Gasteiger partial charge in [-0.05, 0) is 30.7 Å². The lowest BCUT2D eigenvalue weighted by molar-refractivity contribution is -0.134. The van der Waals surface area contributed by atoms with Crippen molar-refractivity contribution in [3.05, 3.63) is 65.5 Å². The number of halogens is 2. The summed E-state index contributed by atoms with van der Waals surface area (Å²) in [5, 5.41) is 14.9. The van der Waals surface area contributed by atoms with E-state index in [9.17, 15) is 18.4 Å². The second-order valence-corrected chi connectivity index (χ2v) is 8.98. The Balaban J connectivity index is 1.53. The van der Waals surface area contributed by atoms with Gasteiger partial charge < -0.3 is 30.3 Å². The lowest BCUT2D eigenvalue weighted by Gasteiger charge is -2.34. The zero-order valence-corrected chi connectivity index (χ0v) is 21.7. The number of benzene rings is 2. The largest absolute Gasteiger partial charge is 0.434 e. The van der Waals surface area contributed by atoms with Crippen LogP contribution in [0.25, 0.3) is 11.1 Å². The van der Waals surface area contributed by atoms with Crippen molar-refractivity contribution in [3.63, 3.8) is 0 Å². The van der Waals surface area contributed by atoms with Crippen LogP contribution in [0.15, 0.2) is 48.8 Å². The second kappa shape index (κ2) is 12.5. The maximum Gasteiger partial charge on any atom is 0.387 e. The van der Waals surface area contributed by atoms with Crippen LogP contribution in [0.3, 0.4) is 0 Å². The minimum Gasteiger partial charge on any atom is -0.434 e. The molecule has 1 aliphatic rings.